The number of carbonyl (C=O) groups excluding carboxylic acids is 2. The summed E-state index contributed by atoms with van der Waals surface area (Å²) in [6.07, 6.45) is 1.86. The Bertz CT molecular complexity index is 795. The summed E-state index contributed by atoms with van der Waals surface area (Å²) in [5.41, 5.74) is 4.21. The van der Waals surface area contributed by atoms with Crippen molar-refractivity contribution in [1.82, 2.24) is 10.6 Å². The lowest BCUT2D eigenvalue weighted by Crippen LogP contribution is -2.31. The zero-order valence-electron chi connectivity index (χ0n) is 18.3. The van der Waals surface area contributed by atoms with Crippen LogP contribution in [0.1, 0.15) is 80.0 Å². The Kier molecular flexibility index (Phi) is 8.44. The molecule has 2 rings (SSSR count). The minimum Gasteiger partial charge on any atom is -0.356 e. The molecule has 0 bridgehead atoms. The Morgan fingerprint density at radius 1 is 0.897 bits per heavy atom. The lowest BCUT2D eigenvalue weighted by atomic mass is 9.92. The van der Waals surface area contributed by atoms with E-state index in [9.17, 15) is 9.59 Å². The molecule has 4 heteroatoms. The minimum absolute atomic E-state index is 0.0297. The van der Waals surface area contributed by atoms with Crippen molar-refractivity contribution in [2.75, 3.05) is 6.54 Å². The predicted octanol–water partition coefficient (Wildman–Crippen LogP) is 5.01. The van der Waals surface area contributed by atoms with Gasteiger partial charge >= 0.3 is 0 Å². The number of hydrogen-bond acceptors (Lipinski definition) is 2. The van der Waals surface area contributed by atoms with E-state index in [-0.39, 0.29) is 23.8 Å². The monoisotopic (exact) mass is 394 g/mol. The largest absolute Gasteiger partial charge is 0.356 e. The number of rotatable bonds is 9. The van der Waals surface area contributed by atoms with E-state index < -0.39 is 0 Å². The number of carbonyl (C=O) groups is 2. The van der Waals surface area contributed by atoms with Gasteiger partial charge in [0.05, 0.1) is 6.04 Å². The van der Waals surface area contributed by atoms with Crippen molar-refractivity contribution in [3.63, 3.8) is 0 Å². The van der Waals surface area contributed by atoms with Gasteiger partial charge in [0.2, 0.25) is 5.91 Å². The Hall–Kier alpha value is -2.62. The highest BCUT2D eigenvalue weighted by atomic mass is 16.2. The van der Waals surface area contributed by atoms with Crippen LogP contribution in [0.3, 0.4) is 0 Å². The topological polar surface area (TPSA) is 58.2 Å². The van der Waals surface area contributed by atoms with Crippen molar-refractivity contribution < 1.29 is 9.59 Å². The molecule has 2 unspecified atom stereocenters. The summed E-state index contributed by atoms with van der Waals surface area (Å²) in [5.74, 6) is 0.728. The molecule has 4 nitrogen and oxygen atoms in total. The van der Waals surface area contributed by atoms with Crippen molar-refractivity contribution >= 4 is 11.8 Å². The van der Waals surface area contributed by atoms with E-state index >= 15 is 0 Å². The van der Waals surface area contributed by atoms with E-state index in [1.165, 1.54) is 12.5 Å². The van der Waals surface area contributed by atoms with Gasteiger partial charge in [0.15, 0.2) is 0 Å². The summed E-state index contributed by atoms with van der Waals surface area (Å²) in [4.78, 5) is 23.8. The number of benzene rings is 2. The fraction of sp³-hybridized carbons (Fsp3) is 0.440. The first-order valence-corrected chi connectivity index (χ1v) is 10.6. The van der Waals surface area contributed by atoms with E-state index in [2.05, 4.69) is 62.6 Å². The highest BCUT2D eigenvalue weighted by Crippen LogP contribution is 2.25. The van der Waals surface area contributed by atoms with Crippen LogP contribution in [0.15, 0.2) is 48.5 Å². The van der Waals surface area contributed by atoms with Gasteiger partial charge < -0.3 is 10.6 Å². The normalized spacial score (nSPS) is 13.0. The molecule has 156 valence electrons. The lowest BCUT2D eigenvalue weighted by molar-refractivity contribution is -0.118. The highest BCUT2D eigenvalue weighted by Gasteiger charge is 2.19. The van der Waals surface area contributed by atoms with E-state index in [1.54, 1.807) is 0 Å². The number of amides is 2. The van der Waals surface area contributed by atoms with Gasteiger partial charge in [-0.15, -0.1) is 0 Å². The van der Waals surface area contributed by atoms with Crippen LogP contribution in [-0.2, 0) is 11.2 Å². The molecule has 0 fully saturated rings. The van der Waals surface area contributed by atoms with Crippen LogP contribution in [-0.4, -0.2) is 18.4 Å². The molecule has 0 saturated heterocycles. The summed E-state index contributed by atoms with van der Waals surface area (Å²) in [6, 6.07) is 16.2. The van der Waals surface area contributed by atoms with Crippen molar-refractivity contribution in [1.29, 1.82) is 0 Å². The van der Waals surface area contributed by atoms with E-state index in [4.69, 9.17) is 0 Å². The molecule has 2 atom stereocenters. The Balaban J connectivity index is 2.04. The summed E-state index contributed by atoms with van der Waals surface area (Å²) in [5, 5.41) is 5.98. The van der Waals surface area contributed by atoms with E-state index in [1.807, 2.05) is 24.3 Å². The SMILES string of the molecule is CCC(C)c1ccc(C(NC(=O)c2ccc(CCNC(C)=O)cc2)C(C)C)cc1. The van der Waals surface area contributed by atoms with Crippen molar-refractivity contribution in [3.8, 4) is 0 Å². The van der Waals surface area contributed by atoms with Crippen molar-refractivity contribution in [3.05, 3.63) is 70.8 Å². The van der Waals surface area contributed by atoms with Crippen LogP contribution < -0.4 is 10.6 Å². The maximum atomic E-state index is 12.8. The lowest BCUT2D eigenvalue weighted by Gasteiger charge is -2.24. The first-order chi connectivity index (χ1) is 13.8. The van der Waals surface area contributed by atoms with Crippen LogP contribution in [0, 0.1) is 5.92 Å². The average molecular weight is 395 g/mol. The molecule has 2 N–H and O–H groups in total. The number of nitrogens with one attached hydrogen (secondary N) is 2. The molecule has 2 aromatic carbocycles. The molecule has 0 aliphatic rings. The third-order valence-corrected chi connectivity index (χ3v) is 5.43. The fourth-order valence-electron chi connectivity index (χ4n) is 3.33. The van der Waals surface area contributed by atoms with Gasteiger partial charge in [-0.25, -0.2) is 0 Å². The third-order valence-electron chi connectivity index (χ3n) is 5.43. The van der Waals surface area contributed by atoms with Gasteiger partial charge in [-0.05, 0) is 53.5 Å². The zero-order chi connectivity index (χ0) is 21.4. The first kappa shape index (κ1) is 22.7. The van der Waals surface area contributed by atoms with Crippen LogP contribution in [0.4, 0.5) is 0 Å². The molecule has 0 radical (unpaired) electrons. The smallest absolute Gasteiger partial charge is 0.251 e. The van der Waals surface area contributed by atoms with Crippen LogP contribution in [0.5, 0.6) is 0 Å². The fourth-order valence-corrected chi connectivity index (χ4v) is 3.33. The average Bonchev–Trinajstić information content (AvgIpc) is 2.71. The quantitative estimate of drug-likeness (QED) is 0.628. The van der Waals surface area contributed by atoms with Gasteiger partial charge in [-0.2, -0.15) is 0 Å². The second kappa shape index (κ2) is 10.8. The molecule has 0 heterocycles. The first-order valence-electron chi connectivity index (χ1n) is 10.6. The second-order valence-corrected chi connectivity index (χ2v) is 8.10. The van der Waals surface area contributed by atoms with Gasteiger partial charge in [0.1, 0.15) is 0 Å². The number of hydrogen-bond donors (Lipinski definition) is 2. The molecule has 0 aromatic heterocycles. The summed E-state index contributed by atoms with van der Waals surface area (Å²) < 4.78 is 0. The Labute approximate surface area is 175 Å². The minimum atomic E-state index is -0.0666. The Morgan fingerprint density at radius 2 is 1.48 bits per heavy atom. The van der Waals surface area contributed by atoms with Crippen LogP contribution >= 0.6 is 0 Å². The maximum Gasteiger partial charge on any atom is 0.251 e. The summed E-state index contributed by atoms with van der Waals surface area (Å²) in [7, 11) is 0. The molecule has 0 saturated carbocycles. The van der Waals surface area contributed by atoms with Gasteiger partial charge in [-0.3, -0.25) is 9.59 Å². The highest BCUT2D eigenvalue weighted by molar-refractivity contribution is 5.94. The van der Waals surface area contributed by atoms with Crippen molar-refractivity contribution in [2.45, 2.75) is 59.4 Å². The second-order valence-electron chi connectivity index (χ2n) is 8.10. The molecule has 0 aliphatic carbocycles. The zero-order valence-corrected chi connectivity index (χ0v) is 18.3. The van der Waals surface area contributed by atoms with E-state index in [0.717, 1.165) is 24.0 Å². The molecular weight excluding hydrogens is 360 g/mol. The van der Waals surface area contributed by atoms with Gasteiger partial charge in [0.25, 0.3) is 5.91 Å². The molecule has 0 aliphatic heterocycles. The predicted molar refractivity (Wildman–Crippen MR) is 119 cm³/mol. The molecule has 29 heavy (non-hydrogen) atoms. The Morgan fingerprint density at radius 3 is 2.00 bits per heavy atom. The van der Waals surface area contributed by atoms with Gasteiger partial charge in [-0.1, -0.05) is 64.1 Å². The molecule has 0 spiro atoms. The van der Waals surface area contributed by atoms with Gasteiger partial charge in [0, 0.05) is 19.0 Å². The molecule has 2 amide bonds. The van der Waals surface area contributed by atoms with E-state index in [0.29, 0.717) is 18.0 Å². The molecule has 2 aromatic rings. The van der Waals surface area contributed by atoms with Crippen LogP contribution in [0.2, 0.25) is 0 Å². The van der Waals surface area contributed by atoms with Crippen molar-refractivity contribution in [2.24, 2.45) is 5.92 Å². The summed E-state index contributed by atoms with van der Waals surface area (Å²) >= 11 is 0. The molecular formula is C25H34N2O2. The maximum absolute atomic E-state index is 12.8. The summed E-state index contributed by atoms with van der Waals surface area (Å²) in [6.45, 7) is 10.8. The third kappa shape index (κ3) is 6.74. The van der Waals surface area contributed by atoms with Crippen LogP contribution in [0.25, 0.3) is 0 Å². The standard InChI is InChI=1S/C25H34N2O2/c1-6-18(4)21-11-13-22(14-12-21)24(17(2)3)27-25(29)23-9-7-20(8-10-23)15-16-26-19(5)28/h7-14,17-18,24H,6,15-16H2,1-5H3,(H,26,28)(H,27,29).